The van der Waals surface area contributed by atoms with Gasteiger partial charge in [0.1, 0.15) is 0 Å². The highest BCUT2D eigenvalue weighted by Crippen LogP contribution is 2.29. The Morgan fingerprint density at radius 2 is 2.50 bits per heavy atom. The fraction of sp³-hybridized carbons (Fsp3) is 0.615. The minimum absolute atomic E-state index is 0.332. The number of ether oxygens (including phenoxy) is 1. The lowest BCUT2D eigenvalue weighted by atomic mass is 9.92. The van der Waals surface area contributed by atoms with Crippen molar-refractivity contribution < 1.29 is 4.74 Å². The van der Waals surface area contributed by atoms with Crippen LogP contribution in [-0.2, 0) is 11.2 Å². The summed E-state index contributed by atoms with van der Waals surface area (Å²) in [6.07, 6.45) is 4.05. The molecule has 1 aliphatic heterocycles. The minimum atomic E-state index is 0.332. The van der Waals surface area contributed by atoms with Crippen LogP contribution in [0.1, 0.15) is 30.6 Å². The zero-order valence-corrected chi connectivity index (χ0v) is 10.1. The van der Waals surface area contributed by atoms with Crippen LogP contribution in [0.15, 0.2) is 18.3 Å². The number of nitrogens with zero attached hydrogens (tertiary/aromatic N) is 1. The van der Waals surface area contributed by atoms with Crippen molar-refractivity contribution in [2.24, 2.45) is 5.92 Å². The second-order valence-electron chi connectivity index (χ2n) is 4.29. The Balaban J connectivity index is 2.24. The monoisotopic (exact) mass is 220 g/mol. The third kappa shape index (κ3) is 2.25. The first-order valence-electron chi connectivity index (χ1n) is 6.05. The van der Waals surface area contributed by atoms with Gasteiger partial charge in [-0.05, 0) is 31.5 Å². The predicted molar refractivity (Wildman–Crippen MR) is 64.3 cm³/mol. The first-order chi connectivity index (χ1) is 7.86. The van der Waals surface area contributed by atoms with Gasteiger partial charge in [0.2, 0.25) is 0 Å². The van der Waals surface area contributed by atoms with Crippen molar-refractivity contribution in [3.05, 3.63) is 29.6 Å². The van der Waals surface area contributed by atoms with E-state index in [1.54, 1.807) is 0 Å². The van der Waals surface area contributed by atoms with Crippen LogP contribution < -0.4 is 5.32 Å². The lowest BCUT2D eigenvalue weighted by Crippen LogP contribution is -2.27. The summed E-state index contributed by atoms with van der Waals surface area (Å²) < 4.78 is 5.47. The zero-order chi connectivity index (χ0) is 11.4. The quantitative estimate of drug-likeness (QED) is 0.842. The standard InChI is InChI=1S/C13H20N2O/c1-3-10-5-4-7-15-13(10)12(14-2)11-6-8-16-9-11/h4-5,7,11-12,14H,3,6,8-9H2,1-2H3. The third-order valence-corrected chi connectivity index (χ3v) is 3.35. The summed E-state index contributed by atoms with van der Waals surface area (Å²) in [6.45, 7) is 3.92. The number of aryl methyl sites for hydroxylation is 1. The van der Waals surface area contributed by atoms with Crippen LogP contribution >= 0.6 is 0 Å². The molecule has 2 rings (SSSR count). The number of aromatic nitrogens is 1. The molecule has 2 unspecified atom stereocenters. The van der Waals surface area contributed by atoms with E-state index < -0.39 is 0 Å². The average Bonchev–Trinajstić information content (AvgIpc) is 2.84. The fourth-order valence-electron chi connectivity index (χ4n) is 2.44. The molecule has 1 saturated heterocycles. The highest BCUT2D eigenvalue weighted by molar-refractivity contribution is 5.23. The molecule has 1 aliphatic rings. The van der Waals surface area contributed by atoms with Gasteiger partial charge in [-0.3, -0.25) is 4.98 Å². The lowest BCUT2D eigenvalue weighted by Gasteiger charge is -2.23. The molecule has 1 fully saturated rings. The van der Waals surface area contributed by atoms with Crippen molar-refractivity contribution in [3.63, 3.8) is 0 Å². The molecule has 0 saturated carbocycles. The second kappa shape index (κ2) is 5.41. The first kappa shape index (κ1) is 11.6. The van der Waals surface area contributed by atoms with E-state index in [9.17, 15) is 0 Å². The molecule has 2 atom stereocenters. The van der Waals surface area contributed by atoms with Crippen LogP contribution in [-0.4, -0.2) is 25.2 Å². The molecule has 16 heavy (non-hydrogen) atoms. The molecule has 0 radical (unpaired) electrons. The smallest absolute Gasteiger partial charge is 0.0608 e. The van der Waals surface area contributed by atoms with Crippen LogP contribution in [0.5, 0.6) is 0 Å². The number of rotatable bonds is 4. The van der Waals surface area contributed by atoms with Gasteiger partial charge in [0.25, 0.3) is 0 Å². The fourth-order valence-corrected chi connectivity index (χ4v) is 2.44. The Labute approximate surface area is 97.2 Å². The summed E-state index contributed by atoms with van der Waals surface area (Å²) in [5.41, 5.74) is 2.54. The van der Waals surface area contributed by atoms with Crippen LogP contribution in [0.2, 0.25) is 0 Å². The van der Waals surface area contributed by atoms with Crippen LogP contribution in [0.4, 0.5) is 0 Å². The molecule has 0 bridgehead atoms. The van der Waals surface area contributed by atoms with E-state index in [2.05, 4.69) is 23.3 Å². The van der Waals surface area contributed by atoms with Gasteiger partial charge in [-0.1, -0.05) is 13.0 Å². The summed E-state index contributed by atoms with van der Waals surface area (Å²) in [5, 5.41) is 3.39. The van der Waals surface area contributed by atoms with E-state index in [0.29, 0.717) is 12.0 Å². The van der Waals surface area contributed by atoms with Gasteiger partial charge >= 0.3 is 0 Å². The SMILES string of the molecule is CCc1cccnc1C(NC)C1CCOC1. The molecule has 3 heteroatoms. The average molecular weight is 220 g/mol. The van der Waals surface area contributed by atoms with Gasteiger partial charge in [-0.25, -0.2) is 0 Å². The molecule has 1 aromatic rings. The minimum Gasteiger partial charge on any atom is -0.381 e. The van der Waals surface area contributed by atoms with Crippen molar-refractivity contribution >= 4 is 0 Å². The second-order valence-corrected chi connectivity index (χ2v) is 4.29. The number of hydrogen-bond donors (Lipinski definition) is 1. The van der Waals surface area contributed by atoms with Gasteiger partial charge in [0.15, 0.2) is 0 Å². The summed E-state index contributed by atoms with van der Waals surface area (Å²) in [5.74, 6) is 0.560. The van der Waals surface area contributed by atoms with Gasteiger partial charge in [0, 0.05) is 18.7 Å². The molecule has 1 aromatic heterocycles. The Hall–Kier alpha value is -0.930. The maximum atomic E-state index is 5.47. The predicted octanol–water partition coefficient (Wildman–Crippen LogP) is 1.94. The van der Waals surface area contributed by atoms with E-state index in [1.165, 1.54) is 11.3 Å². The molecule has 0 aromatic carbocycles. The topological polar surface area (TPSA) is 34.2 Å². The number of pyridine rings is 1. The molecular weight excluding hydrogens is 200 g/mol. The molecule has 0 amide bonds. The van der Waals surface area contributed by atoms with Crippen molar-refractivity contribution in [3.8, 4) is 0 Å². The Morgan fingerprint density at radius 1 is 1.62 bits per heavy atom. The van der Waals surface area contributed by atoms with Crippen molar-refractivity contribution in [1.82, 2.24) is 10.3 Å². The van der Waals surface area contributed by atoms with E-state index in [4.69, 9.17) is 4.74 Å². The van der Waals surface area contributed by atoms with E-state index in [0.717, 1.165) is 26.1 Å². The highest BCUT2D eigenvalue weighted by Gasteiger charge is 2.27. The molecular formula is C13H20N2O. The van der Waals surface area contributed by atoms with E-state index in [1.807, 2.05) is 19.3 Å². The largest absolute Gasteiger partial charge is 0.381 e. The normalized spacial score (nSPS) is 22.2. The molecule has 3 nitrogen and oxygen atoms in total. The maximum absolute atomic E-state index is 5.47. The van der Waals surface area contributed by atoms with Gasteiger partial charge in [-0.2, -0.15) is 0 Å². The van der Waals surface area contributed by atoms with Crippen LogP contribution in [0.25, 0.3) is 0 Å². The zero-order valence-electron chi connectivity index (χ0n) is 10.1. The summed E-state index contributed by atoms with van der Waals surface area (Å²) in [7, 11) is 2.01. The molecule has 2 heterocycles. The van der Waals surface area contributed by atoms with Crippen LogP contribution in [0, 0.1) is 5.92 Å². The van der Waals surface area contributed by atoms with Gasteiger partial charge < -0.3 is 10.1 Å². The summed E-state index contributed by atoms with van der Waals surface area (Å²) in [4.78, 5) is 4.55. The van der Waals surface area contributed by atoms with Gasteiger partial charge in [0.05, 0.1) is 18.3 Å². The third-order valence-electron chi connectivity index (χ3n) is 3.35. The number of hydrogen-bond acceptors (Lipinski definition) is 3. The van der Waals surface area contributed by atoms with E-state index in [-0.39, 0.29) is 0 Å². The van der Waals surface area contributed by atoms with Crippen molar-refractivity contribution in [2.75, 3.05) is 20.3 Å². The highest BCUT2D eigenvalue weighted by atomic mass is 16.5. The van der Waals surface area contributed by atoms with Crippen LogP contribution in [0.3, 0.4) is 0 Å². The van der Waals surface area contributed by atoms with E-state index >= 15 is 0 Å². The molecule has 1 N–H and O–H groups in total. The first-order valence-corrected chi connectivity index (χ1v) is 6.05. The molecule has 0 spiro atoms. The molecule has 0 aliphatic carbocycles. The van der Waals surface area contributed by atoms with Crippen molar-refractivity contribution in [2.45, 2.75) is 25.8 Å². The van der Waals surface area contributed by atoms with Gasteiger partial charge in [-0.15, -0.1) is 0 Å². The summed E-state index contributed by atoms with van der Waals surface area (Å²) in [6, 6.07) is 4.52. The Bertz CT molecular complexity index is 334. The summed E-state index contributed by atoms with van der Waals surface area (Å²) >= 11 is 0. The lowest BCUT2D eigenvalue weighted by molar-refractivity contribution is 0.177. The molecule has 88 valence electrons. The Morgan fingerprint density at radius 3 is 3.12 bits per heavy atom. The Kier molecular flexibility index (Phi) is 3.91. The number of nitrogens with one attached hydrogen (secondary N) is 1. The maximum Gasteiger partial charge on any atom is 0.0608 e. The van der Waals surface area contributed by atoms with Crippen molar-refractivity contribution in [1.29, 1.82) is 0 Å².